The molecule has 1 saturated heterocycles. The predicted octanol–water partition coefficient (Wildman–Crippen LogP) is 5.67. The maximum atomic E-state index is 13.0. The van der Waals surface area contributed by atoms with E-state index < -0.39 is 12.1 Å². The molecule has 12 heteroatoms. The summed E-state index contributed by atoms with van der Waals surface area (Å²) in [6, 6.07) is 3.02. The molecule has 164 valence electrons. The zero-order valence-corrected chi connectivity index (χ0v) is 18.4. The molecular formula is C19H14Cl3F3N4O2. The fourth-order valence-electron chi connectivity index (χ4n) is 3.28. The Morgan fingerprint density at radius 2 is 1.61 bits per heavy atom. The number of halogens is 6. The van der Waals surface area contributed by atoms with Crippen LogP contribution in [0.3, 0.4) is 0 Å². The number of fused-ring (bicyclic) bond motifs is 1. The third-order valence-corrected chi connectivity index (χ3v) is 5.93. The quantitative estimate of drug-likeness (QED) is 0.437. The molecule has 31 heavy (non-hydrogen) atoms. The van der Waals surface area contributed by atoms with Crippen LogP contribution < -0.4 is 14.4 Å². The second-order valence-corrected chi connectivity index (χ2v) is 7.97. The van der Waals surface area contributed by atoms with E-state index in [1.165, 1.54) is 37.4 Å². The van der Waals surface area contributed by atoms with Crippen LogP contribution in [0, 0.1) is 5.92 Å². The zero-order chi connectivity index (χ0) is 22.5. The second kappa shape index (κ2) is 8.03. The summed E-state index contributed by atoms with van der Waals surface area (Å²) in [5.74, 6) is -0.521. The molecule has 0 atom stereocenters. The maximum Gasteiger partial charge on any atom is 0.395 e. The van der Waals surface area contributed by atoms with Crippen LogP contribution >= 0.6 is 34.8 Å². The molecule has 0 amide bonds. The van der Waals surface area contributed by atoms with Crippen molar-refractivity contribution in [2.24, 2.45) is 5.92 Å². The normalized spacial score (nSPS) is 14.6. The lowest BCUT2D eigenvalue weighted by Crippen LogP contribution is -2.53. The first-order chi connectivity index (χ1) is 14.6. The molecule has 3 aromatic rings. The molecule has 1 aliphatic rings. The Bertz CT molecular complexity index is 1140. The summed E-state index contributed by atoms with van der Waals surface area (Å²) in [7, 11) is 2.85. The van der Waals surface area contributed by atoms with E-state index in [1.54, 1.807) is 0 Å². The summed E-state index contributed by atoms with van der Waals surface area (Å²) in [5, 5.41) is 0.901. The average Bonchev–Trinajstić information content (AvgIpc) is 2.66. The van der Waals surface area contributed by atoms with Gasteiger partial charge < -0.3 is 14.4 Å². The number of pyridine rings is 1. The molecule has 0 N–H and O–H groups in total. The molecule has 1 aliphatic heterocycles. The molecule has 0 saturated carbocycles. The van der Waals surface area contributed by atoms with Gasteiger partial charge in [-0.05, 0) is 6.07 Å². The highest BCUT2D eigenvalue weighted by atomic mass is 35.5. The molecular weight excluding hydrogens is 480 g/mol. The summed E-state index contributed by atoms with van der Waals surface area (Å²) < 4.78 is 49.7. The number of benzene rings is 1. The summed E-state index contributed by atoms with van der Waals surface area (Å²) >= 11 is 18.9. The number of nitrogens with zero attached hydrogens (tertiary/aromatic N) is 4. The molecule has 0 spiro atoms. The van der Waals surface area contributed by atoms with E-state index in [4.69, 9.17) is 44.3 Å². The van der Waals surface area contributed by atoms with Gasteiger partial charge in [0.25, 0.3) is 0 Å². The monoisotopic (exact) mass is 492 g/mol. The first-order valence-corrected chi connectivity index (χ1v) is 10.0. The largest absolute Gasteiger partial charge is 0.495 e. The van der Waals surface area contributed by atoms with Crippen molar-refractivity contribution in [2.75, 3.05) is 32.2 Å². The number of methoxy groups -OCH3 is 2. The second-order valence-electron chi connectivity index (χ2n) is 6.82. The number of aromatic nitrogens is 3. The van der Waals surface area contributed by atoms with Crippen LogP contribution in [0.4, 0.5) is 19.0 Å². The van der Waals surface area contributed by atoms with Crippen LogP contribution in [0.5, 0.6) is 11.5 Å². The number of rotatable bonds is 4. The minimum Gasteiger partial charge on any atom is -0.495 e. The first kappa shape index (κ1) is 22.0. The maximum absolute atomic E-state index is 13.0. The van der Waals surface area contributed by atoms with E-state index in [2.05, 4.69) is 15.0 Å². The number of hydrogen-bond acceptors (Lipinski definition) is 6. The average molecular weight is 494 g/mol. The number of ether oxygens (including phenoxy) is 2. The van der Waals surface area contributed by atoms with Crippen LogP contribution in [-0.4, -0.2) is 48.4 Å². The first-order valence-electron chi connectivity index (χ1n) is 8.89. The van der Waals surface area contributed by atoms with Gasteiger partial charge in [-0.2, -0.15) is 13.2 Å². The Kier molecular flexibility index (Phi) is 5.70. The molecule has 1 aromatic carbocycles. The van der Waals surface area contributed by atoms with Crippen molar-refractivity contribution in [1.82, 2.24) is 15.0 Å². The molecule has 4 rings (SSSR count). The smallest absolute Gasteiger partial charge is 0.395 e. The predicted molar refractivity (Wildman–Crippen MR) is 113 cm³/mol. The van der Waals surface area contributed by atoms with Gasteiger partial charge in [-0.3, -0.25) is 0 Å². The van der Waals surface area contributed by atoms with Crippen LogP contribution in [0.2, 0.25) is 15.2 Å². The van der Waals surface area contributed by atoms with Gasteiger partial charge in [0.2, 0.25) is 0 Å². The van der Waals surface area contributed by atoms with Gasteiger partial charge >= 0.3 is 6.18 Å². The van der Waals surface area contributed by atoms with Crippen molar-refractivity contribution in [1.29, 1.82) is 0 Å². The highest BCUT2D eigenvalue weighted by Crippen LogP contribution is 2.46. The van der Waals surface area contributed by atoms with Gasteiger partial charge in [0.1, 0.15) is 22.5 Å². The minimum atomic E-state index is -4.28. The highest BCUT2D eigenvalue weighted by Gasteiger charge is 2.48. The van der Waals surface area contributed by atoms with E-state index in [9.17, 15) is 13.2 Å². The lowest BCUT2D eigenvalue weighted by atomic mass is 9.99. The standard InChI is InChI=1S/C19H14Cl3F3N4O2/c1-30-11-4-12(31-2)16(22)14(15(11)21)17-27-10-5-26-13(20)3-9(10)18(28-17)29-6-8(7-29)19(23,24)25/h3-5,8H,6-7H2,1-2H3. The Balaban J connectivity index is 1.91. The molecule has 1 fully saturated rings. The zero-order valence-electron chi connectivity index (χ0n) is 16.1. The van der Waals surface area contributed by atoms with Crippen molar-refractivity contribution in [3.8, 4) is 22.9 Å². The molecule has 6 nitrogen and oxygen atoms in total. The molecule has 0 unspecified atom stereocenters. The van der Waals surface area contributed by atoms with Crippen molar-refractivity contribution in [3.63, 3.8) is 0 Å². The van der Waals surface area contributed by atoms with E-state index in [-0.39, 0.29) is 57.0 Å². The summed E-state index contributed by atoms with van der Waals surface area (Å²) in [5.41, 5.74) is 0.597. The SMILES string of the molecule is COc1cc(OC)c(Cl)c(-c2nc(N3CC(C(F)(F)F)C3)c3cc(Cl)ncc3n2)c1Cl. The van der Waals surface area contributed by atoms with Crippen molar-refractivity contribution < 1.29 is 22.6 Å². The summed E-state index contributed by atoms with van der Waals surface area (Å²) in [6.45, 7) is -0.476. The van der Waals surface area contributed by atoms with Gasteiger partial charge in [0, 0.05) is 24.5 Å². The van der Waals surface area contributed by atoms with Crippen LogP contribution in [-0.2, 0) is 0 Å². The van der Waals surface area contributed by atoms with Gasteiger partial charge in [-0.15, -0.1) is 0 Å². The van der Waals surface area contributed by atoms with Crippen LogP contribution in [0.25, 0.3) is 22.3 Å². The molecule has 0 radical (unpaired) electrons. The molecule has 2 aromatic heterocycles. The highest BCUT2D eigenvalue weighted by molar-refractivity contribution is 6.41. The lowest BCUT2D eigenvalue weighted by Gasteiger charge is -2.41. The number of alkyl halides is 3. The van der Waals surface area contributed by atoms with Gasteiger partial charge in [0.15, 0.2) is 5.82 Å². The van der Waals surface area contributed by atoms with E-state index in [1.807, 2.05) is 0 Å². The topological polar surface area (TPSA) is 60.4 Å². The Labute approximate surface area is 189 Å². The van der Waals surface area contributed by atoms with Gasteiger partial charge in [-0.1, -0.05) is 34.8 Å². The number of hydrogen-bond donors (Lipinski definition) is 0. The van der Waals surface area contributed by atoms with E-state index >= 15 is 0 Å². The Morgan fingerprint density at radius 1 is 1.00 bits per heavy atom. The minimum absolute atomic E-state index is 0.0919. The van der Waals surface area contributed by atoms with Gasteiger partial charge in [-0.25, -0.2) is 15.0 Å². The molecule has 0 bridgehead atoms. The van der Waals surface area contributed by atoms with Crippen molar-refractivity contribution in [2.45, 2.75) is 6.18 Å². The fraction of sp³-hybridized carbons (Fsp3) is 0.316. The van der Waals surface area contributed by atoms with E-state index in [0.717, 1.165) is 0 Å². The summed E-state index contributed by atoms with van der Waals surface area (Å²) in [6.07, 6.45) is -2.87. The van der Waals surface area contributed by atoms with Crippen LogP contribution in [0.15, 0.2) is 18.3 Å². The molecule has 3 heterocycles. The van der Waals surface area contributed by atoms with Crippen molar-refractivity contribution >= 4 is 51.5 Å². The van der Waals surface area contributed by atoms with E-state index in [0.29, 0.717) is 10.9 Å². The Morgan fingerprint density at radius 3 is 2.16 bits per heavy atom. The third kappa shape index (κ3) is 3.90. The number of anilines is 1. The molecule has 0 aliphatic carbocycles. The summed E-state index contributed by atoms with van der Waals surface area (Å²) in [4.78, 5) is 14.5. The van der Waals surface area contributed by atoms with Crippen LogP contribution in [0.1, 0.15) is 0 Å². The fourth-order valence-corrected chi connectivity index (χ4v) is 4.11. The Hall–Kier alpha value is -2.23. The van der Waals surface area contributed by atoms with Crippen molar-refractivity contribution in [3.05, 3.63) is 33.5 Å². The third-order valence-electron chi connectivity index (χ3n) is 4.97. The lowest BCUT2D eigenvalue weighted by molar-refractivity contribution is -0.180. The van der Waals surface area contributed by atoms with Gasteiger partial charge in [0.05, 0.1) is 47.5 Å².